The SMILES string of the molecule is CC(Oc1ccc(-c2ccccc2)cc1)C(=O)NC(C)(C)CN.Cl. The number of nitrogens with one attached hydrogen (secondary N) is 1. The molecule has 0 radical (unpaired) electrons. The van der Waals surface area contributed by atoms with Gasteiger partial charge in [-0.2, -0.15) is 0 Å². The van der Waals surface area contributed by atoms with Crippen LogP contribution >= 0.6 is 12.4 Å². The Bertz CT molecular complexity index is 642. The number of amides is 1. The lowest BCUT2D eigenvalue weighted by molar-refractivity contribution is -0.128. The monoisotopic (exact) mass is 348 g/mol. The van der Waals surface area contributed by atoms with E-state index in [2.05, 4.69) is 17.4 Å². The molecule has 0 heterocycles. The molecule has 0 saturated carbocycles. The Kier molecular flexibility index (Phi) is 7.26. The number of hydrogen-bond donors (Lipinski definition) is 2. The molecule has 0 aliphatic rings. The summed E-state index contributed by atoms with van der Waals surface area (Å²) in [5.41, 5.74) is 7.44. The largest absolute Gasteiger partial charge is 0.481 e. The number of nitrogens with two attached hydrogens (primary N) is 1. The molecule has 2 rings (SSSR count). The van der Waals surface area contributed by atoms with Crippen molar-refractivity contribution >= 4 is 18.3 Å². The molecule has 0 fully saturated rings. The molecule has 3 N–H and O–H groups in total. The molecule has 0 aliphatic carbocycles. The number of carbonyl (C=O) groups excluding carboxylic acids is 1. The molecule has 24 heavy (non-hydrogen) atoms. The fraction of sp³-hybridized carbons (Fsp3) is 0.316. The van der Waals surface area contributed by atoms with E-state index in [9.17, 15) is 4.79 Å². The zero-order valence-corrected chi connectivity index (χ0v) is 15.1. The molecular weight excluding hydrogens is 324 g/mol. The van der Waals surface area contributed by atoms with Crippen LogP contribution in [0.2, 0.25) is 0 Å². The van der Waals surface area contributed by atoms with Gasteiger partial charge in [-0.3, -0.25) is 4.79 Å². The van der Waals surface area contributed by atoms with Gasteiger partial charge in [0.2, 0.25) is 0 Å². The van der Waals surface area contributed by atoms with E-state index in [1.54, 1.807) is 6.92 Å². The molecule has 4 nitrogen and oxygen atoms in total. The third kappa shape index (κ3) is 5.55. The second kappa shape index (κ2) is 8.71. The van der Waals surface area contributed by atoms with Crippen LogP contribution in [0.25, 0.3) is 11.1 Å². The topological polar surface area (TPSA) is 64.3 Å². The Hall–Kier alpha value is -2.04. The Morgan fingerprint density at radius 2 is 1.62 bits per heavy atom. The minimum atomic E-state index is -0.580. The summed E-state index contributed by atoms with van der Waals surface area (Å²) in [5.74, 6) is 0.491. The van der Waals surface area contributed by atoms with Crippen LogP contribution < -0.4 is 15.8 Å². The van der Waals surface area contributed by atoms with Crippen molar-refractivity contribution in [1.29, 1.82) is 0 Å². The van der Waals surface area contributed by atoms with Gasteiger partial charge in [-0.1, -0.05) is 42.5 Å². The van der Waals surface area contributed by atoms with Crippen molar-refractivity contribution in [2.45, 2.75) is 32.4 Å². The molecule has 2 aromatic rings. The van der Waals surface area contributed by atoms with Crippen molar-refractivity contribution in [2.75, 3.05) is 6.54 Å². The maximum Gasteiger partial charge on any atom is 0.261 e. The summed E-state index contributed by atoms with van der Waals surface area (Å²) in [7, 11) is 0. The first kappa shape index (κ1) is 20.0. The average Bonchev–Trinajstić information content (AvgIpc) is 2.56. The molecule has 0 bridgehead atoms. The molecule has 1 amide bonds. The van der Waals surface area contributed by atoms with E-state index in [0.717, 1.165) is 11.1 Å². The van der Waals surface area contributed by atoms with E-state index < -0.39 is 11.6 Å². The molecule has 0 aliphatic heterocycles. The number of carbonyl (C=O) groups is 1. The Morgan fingerprint density at radius 1 is 1.08 bits per heavy atom. The molecule has 0 spiro atoms. The highest BCUT2D eigenvalue weighted by Crippen LogP contribution is 2.22. The predicted octanol–water partition coefficient (Wildman–Crippen LogP) is 3.40. The lowest BCUT2D eigenvalue weighted by Gasteiger charge is -2.26. The van der Waals surface area contributed by atoms with Crippen molar-refractivity contribution in [1.82, 2.24) is 5.32 Å². The Morgan fingerprint density at radius 3 is 2.17 bits per heavy atom. The van der Waals surface area contributed by atoms with E-state index in [0.29, 0.717) is 12.3 Å². The van der Waals surface area contributed by atoms with Gasteiger partial charge >= 0.3 is 0 Å². The molecule has 1 unspecified atom stereocenters. The fourth-order valence-electron chi connectivity index (χ4n) is 2.10. The van der Waals surface area contributed by atoms with E-state index in [-0.39, 0.29) is 18.3 Å². The maximum absolute atomic E-state index is 12.1. The highest BCUT2D eigenvalue weighted by Gasteiger charge is 2.23. The van der Waals surface area contributed by atoms with Crippen molar-refractivity contribution in [3.63, 3.8) is 0 Å². The highest BCUT2D eigenvalue weighted by atomic mass is 35.5. The van der Waals surface area contributed by atoms with Gasteiger partial charge in [0.1, 0.15) is 5.75 Å². The lowest BCUT2D eigenvalue weighted by Crippen LogP contribution is -2.52. The highest BCUT2D eigenvalue weighted by molar-refractivity contribution is 5.85. The average molecular weight is 349 g/mol. The van der Waals surface area contributed by atoms with Gasteiger partial charge in [0.25, 0.3) is 5.91 Å². The summed E-state index contributed by atoms with van der Waals surface area (Å²) in [6, 6.07) is 17.8. The molecular formula is C19H25ClN2O2. The zero-order chi connectivity index (χ0) is 16.9. The Labute approximate surface area is 149 Å². The summed E-state index contributed by atoms with van der Waals surface area (Å²) in [4.78, 5) is 12.1. The van der Waals surface area contributed by atoms with Crippen LogP contribution in [0.15, 0.2) is 54.6 Å². The Balaban J connectivity index is 0.00000288. The summed E-state index contributed by atoms with van der Waals surface area (Å²) >= 11 is 0. The summed E-state index contributed by atoms with van der Waals surface area (Å²) in [6.07, 6.45) is -0.580. The van der Waals surface area contributed by atoms with Gasteiger partial charge in [-0.05, 0) is 44.0 Å². The maximum atomic E-state index is 12.1. The molecule has 5 heteroatoms. The van der Waals surface area contributed by atoms with Crippen LogP contribution in [0.3, 0.4) is 0 Å². The van der Waals surface area contributed by atoms with Gasteiger partial charge in [0, 0.05) is 12.1 Å². The van der Waals surface area contributed by atoms with E-state index in [1.807, 2.05) is 56.3 Å². The van der Waals surface area contributed by atoms with E-state index in [1.165, 1.54) is 0 Å². The first-order valence-electron chi connectivity index (χ1n) is 7.75. The normalized spacial score (nSPS) is 12.0. The molecule has 0 aromatic heterocycles. The molecule has 2 aromatic carbocycles. The summed E-state index contributed by atoms with van der Waals surface area (Å²) < 4.78 is 5.70. The van der Waals surface area contributed by atoms with Crippen LogP contribution in [-0.2, 0) is 4.79 Å². The lowest BCUT2D eigenvalue weighted by atomic mass is 10.1. The second-order valence-electron chi connectivity index (χ2n) is 6.23. The van der Waals surface area contributed by atoms with Gasteiger partial charge in [-0.15, -0.1) is 12.4 Å². The van der Waals surface area contributed by atoms with Crippen molar-refractivity contribution in [3.8, 4) is 16.9 Å². The number of rotatable bonds is 6. The van der Waals surface area contributed by atoms with Gasteiger partial charge in [-0.25, -0.2) is 0 Å². The standard InChI is InChI=1S/C19H24N2O2.ClH/c1-14(18(22)21-19(2,3)13-20)23-17-11-9-16(10-12-17)15-7-5-4-6-8-15;/h4-12,14H,13,20H2,1-3H3,(H,21,22);1H. The number of ether oxygens (including phenoxy) is 1. The second-order valence-corrected chi connectivity index (χ2v) is 6.23. The van der Waals surface area contributed by atoms with Crippen LogP contribution in [0.5, 0.6) is 5.75 Å². The van der Waals surface area contributed by atoms with Crippen LogP contribution in [-0.4, -0.2) is 24.1 Å². The van der Waals surface area contributed by atoms with E-state index >= 15 is 0 Å². The third-order valence-corrected chi connectivity index (χ3v) is 3.62. The van der Waals surface area contributed by atoms with Gasteiger partial charge in [0.15, 0.2) is 6.10 Å². The molecule has 1 atom stereocenters. The first-order chi connectivity index (χ1) is 10.9. The van der Waals surface area contributed by atoms with Crippen molar-refractivity contribution in [2.24, 2.45) is 5.73 Å². The summed E-state index contributed by atoms with van der Waals surface area (Å²) in [5, 5.41) is 2.87. The quantitative estimate of drug-likeness (QED) is 0.841. The van der Waals surface area contributed by atoms with Crippen LogP contribution in [0, 0.1) is 0 Å². The van der Waals surface area contributed by atoms with Gasteiger partial charge < -0.3 is 15.8 Å². The number of benzene rings is 2. The number of halogens is 1. The fourth-order valence-corrected chi connectivity index (χ4v) is 2.10. The van der Waals surface area contributed by atoms with Crippen LogP contribution in [0.1, 0.15) is 20.8 Å². The predicted molar refractivity (Wildman–Crippen MR) is 100 cm³/mol. The first-order valence-corrected chi connectivity index (χ1v) is 7.75. The minimum absolute atomic E-state index is 0. The van der Waals surface area contributed by atoms with Crippen molar-refractivity contribution < 1.29 is 9.53 Å². The molecule has 130 valence electrons. The van der Waals surface area contributed by atoms with E-state index in [4.69, 9.17) is 10.5 Å². The third-order valence-electron chi connectivity index (χ3n) is 3.62. The van der Waals surface area contributed by atoms with Crippen molar-refractivity contribution in [3.05, 3.63) is 54.6 Å². The number of hydrogen-bond acceptors (Lipinski definition) is 3. The van der Waals surface area contributed by atoms with Crippen LogP contribution in [0.4, 0.5) is 0 Å². The summed E-state index contributed by atoms with van der Waals surface area (Å²) in [6.45, 7) is 5.86. The van der Waals surface area contributed by atoms with Gasteiger partial charge in [0.05, 0.1) is 0 Å². The zero-order valence-electron chi connectivity index (χ0n) is 14.3. The smallest absolute Gasteiger partial charge is 0.261 e. The molecule has 0 saturated heterocycles. The minimum Gasteiger partial charge on any atom is -0.481 e.